The molecule has 0 aliphatic carbocycles. The van der Waals surface area contributed by atoms with Crippen LogP contribution in [-0.2, 0) is 4.79 Å². The molecule has 0 bridgehead atoms. The van der Waals surface area contributed by atoms with Crippen LogP contribution in [0.2, 0.25) is 0 Å². The molecule has 0 saturated carbocycles. The Hall–Kier alpha value is -3.29. The summed E-state index contributed by atoms with van der Waals surface area (Å²) >= 11 is 0. The van der Waals surface area contributed by atoms with Gasteiger partial charge in [-0.15, -0.1) is 5.10 Å². The Morgan fingerprint density at radius 3 is 2.93 bits per heavy atom. The number of fused-ring (bicyclic) bond motifs is 1. The lowest BCUT2D eigenvalue weighted by Crippen LogP contribution is -2.42. The molecule has 3 heterocycles. The molecule has 4 rings (SSSR count). The van der Waals surface area contributed by atoms with Crippen LogP contribution in [0.15, 0.2) is 36.7 Å². The van der Waals surface area contributed by atoms with E-state index < -0.39 is 11.9 Å². The maximum absolute atomic E-state index is 12.9. The van der Waals surface area contributed by atoms with Crippen molar-refractivity contribution >= 4 is 22.6 Å². The van der Waals surface area contributed by atoms with E-state index in [1.165, 1.54) is 0 Å². The second kappa shape index (κ2) is 6.79. The van der Waals surface area contributed by atoms with Crippen LogP contribution in [0.1, 0.15) is 29.0 Å². The molecule has 27 heavy (non-hydrogen) atoms. The number of aromatic nitrogens is 4. The van der Waals surface area contributed by atoms with Crippen molar-refractivity contribution < 1.29 is 14.7 Å². The largest absolute Gasteiger partial charge is 0.481 e. The van der Waals surface area contributed by atoms with Crippen LogP contribution in [0.3, 0.4) is 0 Å². The summed E-state index contributed by atoms with van der Waals surface area (Å²) in [7, 11) is 0. The SMILES string of the molecule is Cc1c(C(=O)N2CCC[C@H](C(=O)O)C2)nnn1-c1cccc2cnccc12. The van der Waals surface area contributed by atoms with Crippen LogP contribution in [-0.4, -0.2) is 55.0 Å². The third kappa shape index (κ3) is 3.03. The van der Waals surface area contributed by atoms with E-state index in [-0.39, 0.29) is 18.1 Å². The molecular weight excluding hydrogens is 346 g/mol. The Morgan fingerprint density at radius 2 is 2.11 bits per heavy atom. The van der Waals surface area contributed by atoms with Crippen molar-refractivity contribution in [3.63, 3.8) is 0 Å². The number of pyridine rings is 1. The summed E-state index contributed by atoms with van der Waals surface area (Å²) in [4.78, 5) is 29.9. The zero-order valence-electron chi connectivity index (χ0n) is 14.9. The molecule has 138 valence electrons. The number of hydrogen-bond acceptors (Lipinski definition) is 5. The molecule has 3 aromatic rings. The van der Waals surface area contributed by atoms with E-state index >= 15 is 0 Å². The number of carbonyl (C=O) groups excluding carboxylic acids is 1. The van der Waals surface area contributed by atoms with E-state index in [9.17, 15) is 14.7 Å². The first-order chi connectivity index (χ1) is 13.1. The summed E-state index contributed by atoms with van der Waals surface area (Å²) < 4.78 is 1.65. The lowest BCUT2D eigenvalue weighted by molar-refractivity contribution is -0.143. The fourth-order valence-electron chi connectivity index (χ4n) is 3.56. The number of likely N-dealkylation sites (tertiary alicyclic amines) is 1. The van der Waals surface area contributed by atoms with Gasteiger partial charge in [-0.2, -0.15) is 0 Å². The minimum atomic E-state index is -0.864. The van der Waals surface area contributed by atoms with Gasteiger partial charge in [-0.25, -0.2) is 4.68 Å². The topological polar surface area (TPSA) is 101 Å². The quantitative estimate of drug-likeness (QED) is 0.762. The van der Waals surface area contributed by atoms with Gasteiger partial charge in [0.15, 0.2) is 5.69 Å². The fourth-order valence-corrected chi connectivity index (χ4v) is 3.56. The summed E-state index contributed by atoms with van der Waals surface area (Å²) in [6.45, 7) is 2.54. The molecule has 8 heteroatoms. The fraction of sp³-hybridized carbons (Fsp3) is 0.316. The molecule has 1 aliphatic heterocycles. The molecule has 1 saturated heterocycles. The first kappa shape index (κ1) is 17.1. The zero-order valence-corrected chi connectivity index (χ0v) is 14.9. The Kier molecular flexibility index (Phi) is 4.31. The van der Waals surface area contributed by atoms with Gasteiger partial charge in [0, 0.05) is 36.3 Å². The van der Waals surface area contributed by atoms with Crippen molar-refractivity contribution in [3.05, 3.63) is 48.0 Å². The molecule has 0 radical (unpaired) electrons. The number of carboxylic acid groups (broad SMARTS) is 1. The summed E-state index contributed by atoms with van der Waals surface area (Å²) in [6.07, 6.45) is 4.75. The molecule has 0 unspecified atom stereocenters. The van der Waals surface area contributed by atoms with Gasteiger partial charge in [0.2, 0.25) is 0 Å². The van der Waals surface area contributed by atoms with Gasteiger partial charge in [-0.05, 0) is 31.9 Å². The monoisotopic (exact) mass is 365 g/mol. The van der Waals surface area contributed by atoms with Crippen LogP contribution in [0.4, 0.5) is 0 Å². The molecule has 1 atom stereocenters. The van der Waals surface area contributed by atoms with Crippen LogP contribution < -0.4 is 0 Å². The highest BCUT2D eigenvalue weighted by molar-refractivity contribution is 5.94. The van der Waals surface area contributed by atoms with Crippen molar-refractivity contribution in [2.75, 3.05) is 13.1 Å². The summed E-state index contributed by atoms with van der Waals surface area (Å²) in [6, 6.07) is 7.68. The second-order valence-electron chi connectivity index (χ2n) is 6.74. The number of rotatable bonds is 3. The second-order valence-corrected chi connectivity index (χ2v) is 6.74. The maximum Gasteiger partial charge on any atom is 0.308 e. The predicted molar refractivity (Wildman–Crippen MR) is 97.7 cm³/mol. The van der Waals surface area contributed by atoms with Crippen LogP contribution in [0.25, 0.3) is 16.5 Å². The molecular formula is C19H19N5O3. The minimum absolute atomic E-state index is 0.209. The Balaban J connectivity index is 1.68. The van der Waals surface area contributed by atoms with E-state index in [4.69, 9.17) is 0 Å². The van der Waals surface area contributed by atoms with Crippen molar-refractivity contribution in [3.8, 4) is 5.69 Å². The lowest BCUT2D eigenvalue weighted by Gasteiger charge is -2.30. The van der Waals surface area contributed by atoms with Crippen LogP contribution in [0.5, 0.6) is 0 Å². The normalized spacial score (nSPS) is 17.2. The molecule has 1 amide bonds. The molecule has 8 nitrogen and oxygen atoms in total. The summed E-state index contributed by atoms with van der Waals surface area (Å²) in [5, 5.41) is 19.5. The minimum Gasteiger partial charge on any atom is -0.481 e. The lowest BCUT2D eigenvalue weighted by atomic mass is 9.98. The number of hydrogen-bond donors (Lipinski definition) is 1. The van der Waals surface area contributed by atoms with Gasteiger partial charge in [-0.3, -0.25) is 14.6 Å². The van der Waals surface area contributed by atoms with Crippen molar-refractivity contribution in [2.24, 2.45) is 5.92 Å². The van der Waals surface area contributed by atoms with Gasteiger partial charge < -0.3 is 10.0 Å². The average Bonchev–Trinajstić information content (AvgIpc) is 3.08. The maximum atomic E-state index is 12.9. The van der Waals surface area contributed by atoms with Crippen molar-refractivity contribution in [1.82, 2.24) is 24.9 Å². The van der Waals surface area contributed by atoms with Crippen molar-refractivity contribution in [1.29, 1.82) is 0 Å². The number of piperidine rings is 1. The van der Waals surface area contributed by atoms with Gasteiger partial charge in [0.1, 0.15) is 0 Å². The van der Waals surface area contributed by atoms with Crippen LogP contribution in [0, 0.1) is 12.8 Å². The Bertz CT molecular complexity index is 1020. The molecule has 2 aromatic heterocycles. The first-order valence-corrected chi connectivity index (χ1v) is 8.84. The van der Waals surface area contributed by atoms with Gasteiger partial charge >= 0.3 is 5.97 Å². The third-order valence-corrected chi connectivity index (χ3v) is 5.04. The predicted octanol–water partition coefficient (Wildman–Crippen LogP) is 2.06. The molecule has 0 spiro atoms. The van der Waals surface area contributed by atoms with E-state index in [1.807, 2.05) is 24.3 Å². The Morgan fingerprint density at radius 1 is 1.26 bits per heavy atom. The molecule has 1 aromatic carbocycles. The van der Waals surface area contributed by atoms with E-state index in [1.54, 1.807) is 28.9 Å². The number of amides is 1. The number of carboxylic acids is 1. The Labute approximate surface area is 155 Å². The van der Waals surface area contributed by atoms with Crippen molar-refractivity contribution in [2.45, 2.75) is 19.8 Å². The van der Waals surface area contributed by atoms with Gasteiger partial charge in [0.05, 0.1) is 17.3 Å². The summed E-state index contributed by atoms with van der Waals surface area (Å²) in [5.41, 5.74) is 1.70. The number of aliphatic carboxylic acids is 1. The number of carbonyl (C=O) groups is 2. The molecule has 1 fully saturated rings. The highest BCUT2D eigenvalue weighted by atomic mass is 16.4. The van der Waals surface area contributed by atoms with Gasteiger partial charge in [-0.1, -0.05) is 17.3 Å². The standard InChI is InChI=1S/C19H19N5O3/c1-12-17(18(25)23-9-3-5-14(11-23)19(26)27)21-22-24(12)16-6-2-4-13-10-20-8-7-15(13)16/h2,4,6-8,10,14H,3,5,9,11H2,1H3,(H,26,27)/t14-/m0/s1. The highest BCUT2D eigenvalue weighted by Gasteiger charge is 2.31. The smallest absolute Gasteiger partial charge is 0.308 e. The highest BCUT2D eigenvalue weighted by Crippen LogP contribution is 2.24. The molecule has 1 N–H and O–H groups in total. The first-order valence-electron chi connectivity index (χ1n) is 8.84. The van der Waals surface area contributed by atoms with Gasteiger partial charge in [0.25, 0.3) is 5.91 Å². The third-order valence-electron chi connectivity index (χ3n) is 5.04. The number of benzene rings is 1. The van der Waals surface area contributed by atoms with E-state index in [0.717, 1.165) is 16.5 Å². The summed E-state index contributed by atoms with van der Waals surface area (Å²) in [5.74, 6) is -1.66. The van der Waals surface area contributed by atoms with E-state index in [0.29, 0.717) is 25.1 Å². The van der Waals surface area contributed by atoms with Crippen LogP contribution >= 0.6 is 0 Å². The number of nitrogens with zero attached hydrogens (tertiary/aromatic N) is 5. The molecule has 1 aliphatic rings. The average molecular weight is 365 g/mol. The van der Waals surface area contributed by atoms with E-state index in [2.05, 4.69) is 15.3 Å². The zero-order chi connectivity index (χ0) is 19.0.